The normalized spacial score (nSPS) is 13.8. The van der Waals surface area contributed by atoms with Gasteiger partial charge in [-0.1, -0.05) is 23.7 Å². The van der Waals surface area contributed by atoms with Gasteiger partial charge >= 0.3 is 0 Å². The van der Waals surface area contributed by atoms with Crippen LogP contribution < -0.4 is 4.72 Å². The van der Waals surface area contributed by atoms with Crippen molar-refractivity contribution < 1.29 is 13.2 Å². The summed E-state index contributed by atoms with van der Waals surface area (Å²) in [7, 11) is -3.71. The van der Waals surface area contributed by atoms with Gasteiger partial charge in [-0.15, -0.1) is 11.3 Å². The van der Waals surface area contributed by atoms with Crippen molar-refractivity contribution in [3.05, 3.63) is 81.0 Å². The van der Waals surface area contributed by atoms with E-state index >= 15 is 0 Å². The van der Waals surface area contributed by atoms with Crippen LogP contribution in [0.1, 0.15) is 20.8 Å². The van der Waals surface area contributed by atoms with Gasteiger partial charge in [0.15, 0.2) is 0 Å². The first-order chi connectivity index (χ1) is 13.4. The van der Waals surface area contributed by atoms with Gasteiger partial charge in [-0.25, -0.2) is 8.42 Å². The van der Waals surface area contributed by atoms with Crippen LogP contribution in [0.3, 0.4) is 0 Å². The van der Waals surface area contributed by atoms with Crippen LogP contribution in [-0.4, -0.2) is 25.8 Å². The lowest BCUT2D eigenvalue weighted by molar-refractivity contribution is 0.0739. The van der Waals surface area contributed by atoms with Gasteiger partial charge in [-0.2, -0.15) is 0 Å². The van der Waals surface area contributed by atoms with Crippen LogP contribution in [0.15, 0.2) is 64.9 Å². The number of sulfonamides is 1. The number of anilines is 1. The highest BCUT2D eigenvalue weighted by Gasteiger charge is 2.23. The van der Waals surface area contributed by atoms with Crippen molar-refractivity contribution >= 4 is 44.6 Å². The van der Waals surface area contributed by atoms with E-state index in [2.05, 4.69) is 4.72 Å². The van der Waals surface area contributed by atoms with E-state index in [1.54, 1.807) is 17.0 Å². The fraction of sp³-hybridized carbons (Fsp3) is 0.150. The average Bonchev–Trinajstić information content (AvgIpc) is 3.21. The van der Waals surface area contributed by atoms with Gasteiger partial charge < -0.3 is 4.90 Å². The molecule has 0 radical (unpaired) electrons. The first-order valence-electron chi connectivity index (χ1n) is 8.65. The van der Waals surface area contributed by atoms with E-state index in [1.807, 2.05) is 23.6 Å². The van der Waals surface area contributed by atoms with Crippen LogP contribution >= 0.6 is 22.9 Å². The van der Waals surface area contributed by atoms with Gasteiger partial charge in [0.1, 0.15) is 0 Å². The average molecular weight is 433 g/mol. The number of amides is 1. The highest BCUT2D eigenvalue weighted by atomic mass is 35.5. The molecule has 8 heteroatoms. The maximum absolute atomic E-state index is 12.6. The van der Waals surface area contributed by atoms with E-state index in [-0.39, 0.29) is 10.8 Å². The van der Waals surface area contributed by atoms with E-state index in [9.17, 15) is 13.2 Å². The summed E-state index contributed by atoms with van der Waals surface area (Å²) in [6.45, 7) is 1.11. The number of hydrogen-bond donors (Lipinski definition) is 1. The molecule has 0 fully saturated rings. The predicted octanol–water partition coefficient (Wildman–Crippen LogP) is 4.40. The Balaban J connectivity index is 1.55. The molecule has 3 aromatic rings. The van der Waals surface area contributed by atoms with E-state index in [0.29, 0.717) is 28.7 Å². The fourth-order valence-corrected chi connectivity index (χ4v) is 5.04. The minimum atomic E-state index is -3.71. The molecule has 1 aromatic heterocycles. The van der Waals surface area contributed by atoms with Crippen molar-refractivity contribution in [2.24, 2.45) is 0 Å². The molecule has 1 N–H and O–H groups in total. The Hall–Kier alpha value is -2.35. The summed E-state index contributed by atoms with van der Waals surface area (Å²) in [6.07, 6.45) is 0.747. The zero-order valence-electron chi connectivity index (χ0n) is 14.8. The Morgan fingerprint density at radius 1 is 1.07 bits per heavy atom. The number of fused-ring (bicyclic) bond motifs is 1. The van der Waals surface area contributed by atoms with E-state index < -0.39 is 10.0 Å². The van der Waals surface area contributed by atoms with Gasteiger partial charge in [0, 0.05) is 23.8 Å². The van der Waals surface area contributed by atoms with Crippen LogP contribution in [0.5, 0.6) is 0 Å². The van der Waals surface area contributed by atoms with Gasteiger partial charge in [-0.05, 0) is 65.4 Å². The van der Waals surface area contributed by atoms with Crippen LogP contribution in [-0.2, 0) is 23.0 Å². The molecule has 0 spiro atoms. The van der Waals surface area contributed by atoms with Crippen LogP contribution in [0.2, 0.25) is 5.02 Å². The largest absolute Gasteiger partial charge is 0.333 e. The van der Waals surface area contributed by atoms with Crippen molar-refractivity contribution in [1.82, 2.24) is 4.90 Å². The third-order valence-corrected chi connectivity index (χ3v) is 7.12. The van der Waals surface area contributed by atoms with Crippen LogP contribution in [0.25, 0.3) is 0 Å². The highest BCUT2D eigenvalue weighted by molar-refractivity contribution is 7.92. The molecule has 1 amide bonds. The predicted molar refractivity (Wildman–Crippen MR) is 111 cm³/mol. The third-order valence-electron chi connectivity index (χ3n) is 4.61. The quantitative estimate of drug-likeness (QED) is 0.664. The zero-order chi connectivity index (χ0) is 19.7. The van der Waals surface area contributed by atoms with Crippen LogP contribution in [0.4, 0.5) is 5.69 Å². The summed E-state index contributed by atoms with van der Waals surface area (Å²) in [4.78, 5) is 15.3. The maximum Gasteiger partial charge on any atom is 0.264 e. The molecular weight excluding hydrogens is 416 g/mol. The molecular formula is C20H17ClN2O3S2. The number of carbonyl (C=O) groups is 1. The summed E-state index contributed by atoms with van der Waals surface area (Å²) >= 11 is 7.25. The monoisotopic (exact) mass is 432 g/mol. The molecule has 0 atom stereocenters. The van der Waals surface area contributed by atoms with Gasteiger partial charge in [0.2, 0.25) is 0 Å². The molecule has 1 aliphatic heterocycles. The molecule has 5 nitrogen and oxygen atoms in total. The lowest BCUT2D eigenvalue weighted by Gasteiger charge is -2.29. The second-order valence-electron chi connectivity index (χ2n) is 6.50. The Morgan fingerprint density at radius 2 is 1.86 bits per heavy atom. The molecule has 2 heterocycles. The number of nitrogens with one attached hydrogen (secondary N) is 1. The Labute approximate surface area is 172 Å². The Bertz CT molecular complexity index is 1110. The second kappa shape index (κ2) is 7.58. The lowest BCUT2D eigenvalue weighted by Crippen LogP contribution is -2.35. The number of hydrogen-bond acceptors (Lipinski definition) is 4. The molecule has 28 heavy (non-hydrogen) atoms. The number of carbonyl (C=O) groups excluding carboxylic acids is 1. The van der Waals surface area contributed by atoms with Crippen molar-refractivity contribution in [1.29, 1.82) is 0 Å². The Kier molecular flexibility index (Phi) is 5.14. The van der Waals surface area contributed by atoms with Gasteiger partial charge in [-0.3, -0.25) is 9.52 Å². The van der Waals surface area contributed by atoms with Crippen molar-refractivity contribution in [3.8, 4) is 0 Å². The first-order valence-corrected chi connectivity index (χ1v) is 11.4. The molecule has 4 rings (SSSR count). The SMILES string of the molecule is O=C(c1cccs1)N1CCc2ccc(NS(=O)(=O)c3ccc(Cl)cc3)cc2C1. The van der Waals surface area contributed by atoms with Crippen molar-refractivity contribution in [3.63, 3.8) is 0 Å². The minimum Gasteiger partial charge on any atom is -0.333 e. The summed E-state index contributed by atoms with van der Waals surface area (Å²) in [6, 6.07) is 15.2. The molecule has 2 aromatic carbocycles. The van der Waals surface area contributed by atoms with E-state index in [0.717, 1.165) is 17.5 Å². The number of halogens is 1. The van der Waals surface area contributed by atoms with Crippen LogP contribution in [0, 0.1) is 0 Å². The third kappa shape index (κ3) is 3.92. The number of thiophene rings is 1. The maximum atomic E-state index is 12.6. The molecule has 0 saturated carbocycles. The molecule has 0 bridgehead atoms. The highest BCUT2D eigenvalue weighted by Crippen LogP contribution is 2.26. The summed E-state index contributed by atoms with van der Waals surface area (Å²) in [5.41, 5.74) is 2.55. The first kappa shape index (κ1) is 19.0. The summed E-state index contributed by atoms with van der Waals surface area (Å²) in [5.74, 6) is 0.00722. The Morgan fingerprint density at radius 3 is 2.57 bits per heavy atom. The number of nitrogens with zero attached hydrogens (tertiary/aromatic N) is 1. The van der Waals surface area contributed by atoms with E-state index in [4.69, 9.17) is 11.6 Å². The van der Waals surface area contributed by atoms with Crippen molar-refractivity contribution in [2.45, 2.75) is 17.9 Å². The molecule has 0 aliphatic carbocycles. The zero-order valence-corrected chi connectivity index (χ0v) is 17.2. The number of rotatable bonds is 4. The second-order valence-corrected chi connectivity index (χ2v) is 9.56. The van der Waals surface area contributed by atoms with Gasteiger partial charge in [0.25, 0.3) is 15.9 Å². The van der Waals surface area contributed by atoms with E-state index in [1.165, 1.54) is 35.6 Å². The molecule has 1 aliphatic rings. The minimum absolute atomic E-state index is 0.00722. The smallest absolute Gasteiger partial charge is 0.264 e. The molecule has 0 unspecified atom stereocenters. The summed E-state index contributed by atoms with van der Waals surface area (Å²) in [5, 5.41) is 2.36. The fourth-order valence-electron chi connectivity index (χ4n) is 3.18. The lowest BCUT2D eigenvalue weighted by atomic mass is 9.99. The topological polar surface area (TPSA) is 66.5 Å². The molecule has 0 saturated heterocycles. The standard InChI is InChI=1S/C20H17ClN2O3S2/c21-16-4-7-18(8-5-16)28(25,26)22-17-6-3-14-9-10-23(13-15(14)12-17)20(24)19-2-1-11-27-19/h1-8,11-12,22H,9-10,13H2. The van der Waals surface area contributed by atoms with Crippen molar-refractivity contribution in [2.75, 3.05) is 11.3 Å². The number of benzene rings is 2. The molecule has 144 valence electrons. The summed E-state index contributed by atoms with van der Waals surface area (Å²) < 4.78 is 27.8. The van der Waals surface area contributed by atoms with Gasteiger partial charge in [0.05, 0.1) is 9.77 Å².